The van der Waals surface area contributed by atoms with Gasteiger partial charge in [-0.1, -0.05) is 36.4 Å². The minimum absolute atomic E-state index is 0.0509. The summed E-state index contributed by atoms with van der Waals surface area (Å²) in [5.74, 6) is 0.700. The highest BCUT2D eigenvalue weighted by Gasteiger charge is 2.21. The largest absolute Gasteiger partial charge is 0.489 e. The van der Waals surface area contributed by atoms with Crippen molar-refractivity contribution in [2.75, 3.05) is 13.7 Å². The Balaban J connectivity index is 2.23. The maximum Gasteiger partial charge on any atom is 0.179 e. The molecule has 0 radical (unpaired) electrons. The van der Waals surface area contributed by atoms with Crippen LogP contribution in [0.15, 0.2) is 42.5 Å². The van der Waals surface area contributed by atoms with E-state index in [1.807, 2.05) is 50.2 Å². The second-order valence-corrected chi connectivity index (χ2v) is 5.54. The van der Waals surface area contributed by atoms with Crippen LogP contribution >= 0.6 is 0 Å². The second-order valence-electron chi connectivity index (χ2n) is 5.54. The molecule has 0 unspecified atom stereocenters. The number of methoxy groups -OCH3 is 1. The van der Waals surface area contributed by atoms with E-state index in [0.717, 1.165) is 28.0 Å². The third kappa shape index (κ3) is 4.18. The van der Waals surface area contributed by atoms with E-state index in [0.29, 0.717) is 6.61 Å². The number of ketones is 1. The molecule has 0 heterocycles. The third-order valence-electron chi connectivity index (χ3n) is 3.79. The van der Waals surface area contributed by atoms with Gasteiger partial charge in [-0.25, -0.2) is 0 Å². The average molecular weight is 313 g/mol. The summed E-state index contributed by atoms with van der Waals surface area (Å²) in [6.07, 6.45) is -0.654. The van der Waals surface area contributed by atoms with E-state index in [1.54, 1.807) is 0 Å². The van der Waals surface area contributed by atoms with Gasteiger partial charge in [0.15, 0.2) is 5.78 Å². The molecule has 4 nitrogen and oxygen atoms in total. The zero-order chi connectivity index (χ0) is 16.8. The lowest BCUT2D eigenvalue weighted by atomic mass is 9.99. The van der Waals surface area contributed by atoms with Crippen LogP contribution in [0, 0.1) is 13.8 Å². The molecule has 0 aliphatic carbocycles. The van der Waals surface area contributed by atoms with Gasteiger partial charge in [-0.05, 0) is 42.2 Å². The summed E-state index contributed by atoms with van der Waals surface area (Å²) in [5, 5.41) is 0. The number of ether oxygens (including phenoxy) is 2. The average Bonchev–Trinajstić information content (AvgIpc) is 2.57. The molecule has 0 aliphatic heterocycles. The molecule has 0 saturated heterocycles. The van der Waals surface area contributed by atoms with Crippen LogP contribution in [-0.4, -0.2) is 19.4 Å². The van der Waals surface area contributed by atoms with Gasteiger partial charge < -0.3 is 15.2 Å². The van der Waals surface area contributed by atoms with E-state index in [1.165, 1.54) is 7.11 Å². The number of hydrogen-bond acceptors (Lipinski definition) is 4. The Bertz CT molecular complexity index is 682. The Morgan fingerprint density at radius 3 is 2.61 bits per heavy atom. The molecule has 1 atom stereocenters. The minimum atomic E-state index is -0.654. The van der Waals surface area contributed by atoms with Crippen LogP contribution in [0.1, 0.15) is 28.4 Å². The predicted octanol–water partition coefficient (Wildman–Crippen LogP) is 3.10. The Kier molecular flexibility index (Phi) is 5.90. The summed E-state index contributed by atoms with van der Waals surface area (Å²) >= 11 is 0. The van der Waals surface area contributed by atoms with E-state index in [-0.39, 0.29) is 12.3 Å². The smallest absolute Gasteiger partial charge is 0.179 e. The maximum absolute atomic E-state index is 12.0. The summed E-state index contributed by atoms with van der Waals surface area (Å²) in [5.41, 5.74) is 9.42. The standard InChI is InChI=1S/C19H23NO3/c1-13-8-9-14(2)18(10-13)23-12-15-6-4-5-7-16(15)19(22-3)17(21)11-20/h4-10,19H,11-12,20H2,1-3H3/t19-/m1/s1. The van der Waals surface area contributed by atoms with Gasteiger partial charge in [0, 0.05) is 7.11 Å². The topological polar surface area (TPSA) is 61.5 Å². The summed E-state index contributed by atoms with van der Waals surface area (Å²) in [4.78, 5) is 12.0. The van der Waals surface area contributed by atoms with E-state index < -0.39 is 6.10 Å². The molecule has 0 saturated carbocycles. The van der Waals surface area contributed by atoms with E-state index in [2.05, 4.69) is 6.07 Å². The molecule has 2 aromatic rings. The van der Waals surface area contributed by atoms with Crippen molar-refractivity contribution in [2.45, 2.75) is 26.6 Å². The molecule has 122 valence electrons. The van der Waals surface area contributed by atoms with Gasteiger partial charge in [-0.3, -0.25) is 4.79 Å². The number of Topliss-reactive ketones (excluding diaryl/α,β-unsaturated/α-hetero) is 1. The van der Waals surface area contributed by atoms with Gasteiger partial charge in [-0.15, -0.1) is 0 Å². The highest BCUT2D eigenvalue weighted by Crippen LogP contribution is 2.25. The van der Waals surface area contributed by atoms with Crippen molar-refractivity contribution in [3.63, 3.8) is 0 Å². The van der Waals surface area contributed by atoms with Crippen LogP contribution in [0.25, 0.3) is 0 Å². The molecular weight excluding hydrogens is 290 g/mol. The number of hydrogen-bond donors (Lipinski definition) is 1. The van der Waals surface area contributed by atoms with Crippen molar-refractivity contribution in [3.05, 3.63) is 64.7 Å². The van der Waals surface area contributed by atoms with Crippen LogP contribution in [0.4, 0.5) is 0 Å². The van der Waals surface area contributed by atoms with Gasteiger partial charge >= 0.3 is 0 Å². The van der Waals surface area contributed by atoms with Crippen LogP contribution in [0.3, 0.4) is 0 Å². The summed E-state index contributed by atoms with van der Waals surface area (Å²) < 4.78 is 11.3. The van der Waals surface area contributed by atoms with Crippen molar-refractivity contribution < 1.29 is 14.3 Å². The van der Waals surface area contributed by atoms with Crippen LogP contribution in [0.5, 0.6) is 5.75 Å². The molecule has 2 N–H and O–H groups in total. The molecule has 0 aliphatic rings. The number of carbonyl (C=O) groups is 1. The van der Waals surface area contributed by atoms with Crippen molar-refractivity contribution >= 4 is 5.78 Å². The van der Waals surface area contributed by atoms with Gasteiger partial charge in [0.25, 0.3) is 0 Å². The van der Waals surface area contributed by atoms with Crippen molar-refractivity contribution in [1.29, 1.82) is 0 Å². The van der Waals surface area contributed by atoms with Gasteiger partial charge in [0.2, 0.25) is 0 Å². The molecule has 0 fully saturated rings. The van der Waals surface area contributed by atoms with E-state index in [9.17, 15) is 4.79 Å². The number of rotatable bonds is 7. The van der Waals surface area contributed by atoms with E-state index in [4.69, 9.17) is 15.2 Å². The van der Waals surface area contributed by atoms with Gasteiger partial charge in [0.05, 0.1) is 6.54 Å². The first-order chi connectivity index (χ1) is 11.1. The summed E-state index contributed by atoms with van der Waals surface area (Å²) in [7, 11) is 1.51. The second kappa shape index (κ2) is 7.90. The lowest BCUT2D eigenvalue weighted by Gasteiger charge is -2.18. The molecule has 4 heteroatoms. The Labute approximate surface area is 137 Å². The van der Waals surface area contributed by atoms with Gasteiger partial charge in [0.1, 0.15) is 18.5 Å². The fourth-order valence-electron chi connectivity index (χ4n) is 2.48. The molecular formula is C19H23NO3. The molecule has 23 heavy (non-hydrogen) atoms. The highest BCUT2D eigenvalue weighted by atomic mass is 16.5. The predicted molar refractivity (Wildman–Crippen MR) is 90.5 cm³/mol. The molecule has 0 bridgehead atoms. The monoisotopic (exact) mass is 313 g/mol. The minimum Gasteiger partial charge on any atom is -0.489 e. The lowest BCUT2D eigenvalue weighted by molar-refractivity contribution is -0.127. The van der Waals surface area contributed by atoms with Crippen molar-refractivity contribution in [3.8, 4) is 5.75 Å². The summed E-state index contributed by atoms with van der Waals surface area (Å²) in [6.45, 7) is 4.36. The first-order valence-corrected chi connectivity index (χ1v) is 7.60. The quantitative estimate of drug-likeness (QED) is 0.853. The van der Waals surface area contributed by atoms with Crippen LogP contribution in [0.2, 0.25) is 0 Å². The lowest BCUT2D eigenvalue weighted by Crippen LogP contribution is -2.24. The van der Waals surface area contributed by atoms with Crippen LogP contribution < -0.4 is 10.5 Å². The Hall–Kier alpha value is -2.17. The molecule has 0 aromatic heterocycles. The molecule has 2 rings (SSSR count). The van der Waals surface area contributed by atoms with E-state index >= 15 is 0 Å². The van der Waals surface area contributed by atoms with Crippen molar-refractivity contribution in [2.24, 2.45) is 5.73 Å². The Morgan fingerprint density at radius 1 is 1.17 bits per heavy atom. The number of benzene rings is 2. The number of aryl methyl sites for hydroxylation is 2. The number of nitrogens with two attached hydrogens (primary N) is 1. The molecule has 2 aromatic carbocycles. The SMILES string of the molecule is CO[C@@H](C(=O)CN)c1ccccc1COc1cc(C)ccc1C. The zero-order valence-corrected chi connectivity index (χ0v) is 13.8. The fraction of sp³-hybridized carbons (Fsp3) is 0.316. The fourth-order valence-corrected chi connectivity index (χ4v) is 2.48. The molecule has 0 spiro atoms. The molecule has 0 amide bonds. The first-order valence-electron chi connectivity index (χ1n) is 7.60. The maximum atomic E-state index is 12.0. The highest BCUT2D eigenvalue weighted by molar-refractivity contribution is 5.86. The zero-order valence-electron chi connectivity index (χ0n) is 13.8. The Morgan fingerprint density at radius 2 is 1.91 bits per heavy atom. The van der Waals surface area contributed by atoms with Gasteiger partial charge in [-0.2, -0.15) is 0 Å². The van der Waals surface area contributed by atoms with Crippen molar-refractivity contribution in [1.82, 2.24) is 0 Å². The van der Waals surface area contributed by atoms with Crippen LogP contribution in [-0.2, 0) is 16.1 Å². The summed E-state index contributed by atoms with van der Waals surface area (Å²) in [6, 6.07) is 13.7. The third-order valence-corrected chi connectivity index (χ3v) is 3.79. The number of carbonyl (C=O) groups excluding carboxylic acids is 1. The first kappa shape index (κ1) is 17.2. The normalized spacial score (nSPS) is 12.0.